The summed E-state index contributed by atoms with van der Waals surface area (Å²) in [5, 5.41) is 12.9. The number of piperazine rings is 1. The van der Waals surface area contributed by atoms with Crippen LogP contribution in [0.4, 0.5) is 0 Å². The molecule has 12 heavy (non-hydrogen) atoms. The first-order chi connectivity index (χ1) is 5.88. The molecule has 2 N–H and O–H groups in total. The van der Waals surface area contributed by atoms with E-state index in [1.807, 2.05) is 0 Å². The average molecular weight is 170 g/mol. The number of hydrogen-bond acceptors (Lipinski definition) is 3. The molecule has 1 saturated heterocycles. The van der Waals surface area contributed by atoms with Crippen molar-refractivity contribution in [3.05, 3.63) is 0 Å². The normalized spacial score (nSPS) is 34.2. The van der Waals surface area contributed by atoms with Gasteiger partial charge in [-0.05, 0) is 12.8 Å². The minimum absolute atomic E-state index is 0.234. The Kier molecular flexibility index (Phi) is 2.63. The topological polar surface area (TPSA) is 35.5 Å². The lowest BCUT2D eigenvalue weighted by molar-refractivity contribution is -0.0382. The summed E-state index contributed by atoms with van der Waals surface area (Å²) < 4.78 is 0. The van der Waals surface area contributed by atoms with Gasteiger partial charge in [0.25, 0.3) is 0 Å². The summed E-state index contributed by atoms with van der Waals surface area (Å²) in [5.41, 5.74) is 0. The van der Waals surface area contributed by atoms with E-state index in [2.05, 4.69) is 10.2 Å². The Morgan fingerprint density at radius 1 is 1.25 bits per heavy atom. The number of β-amino-alcohol motifs (C(OH)–C–C–N with tert-alkyl or cyclic N) is 1. The van der Waals surface area contributed by atoms with E-state index >= 15 is 0 Å². The molecular weight excluding hydrogens is 152 g/mol. The molecule has 1 atom stereocenters. The molecule has 1 unspecified atom stereocenters. The van der Waals surface area contributed by atoms with Crippen molar-refractivity contribution in [1.29, 1.82) is 0 Å². The van der Waals surface area contributed by atoms with Crippen LogP contribution in [0.5, 0.6) is 0 Å². The molecule has 0 aromatic carbocycles. The van der Waals surface area contributed by atoms with Crippen LogP contribution in [-0.4, -0.2) is 41.9 Å². The molecule has 70 valence electrons. The number of aliphatic hydroxyl groups excluding tert-OH is 1. The molecule has 2 aliphatic rings. The van der Waals surface area contributed by atoms with Crippen LogP contribution in [0, 0.1) is 0 Å². The Bertz CT molecular complexity index is 145. The van der Waals surface area contributed by atoms with Crippen LogP contribution in [0.1, 0.15) is 25.7 Å². The highest BCUT2D eigenvalue weighted by Gasteiger charge is 2.28. The third kappa shape index (κ3) is 1.63. The molecule has 0 radical (unpaired) electrons. The molecule has 0 bridgehead atoms. The van der Waals surface area contributed by atoms with Crippen molar-refractivity contribution < 1.29 is 5.11 Å². The number of nitrogens with zero attached hydrogens (tertiary/aromatic N) is 1. The van der Waals surface area contributed by atoms with E-state index in [1.54, 1.807) is 0 Å². The van der Waals surface area contributed by atoms with Crippen LogP contribution in [0.3, 0.4) is 0 Å². The highest BCUT2D eigenvalue weighted by Crippen LogP contribution is 2.24. The van der Waals surface area contributed by atoms with E-state index in [9.17, 15) is 5.11 Å². The predicted molar refractivity (Wildman–Crippen MR) is 47.8 cm³/mol. The maximum atomic E-state index is 9.69. The van der Waals surface area contributed by atoms with Gasteiger partial charge >= 0.3 is 0 Å². The quantitative estimate of drug-likeness (QED) is 0.588. The molecule has 1 aliphatic heterocycles. The standard InChI is InChI=1S/C9H18N2O/c12-9-7-10-5-6-11(9)8-3-1-2-4-8/h8-10,12H,1-7H2. The fourth-order valence-corrected chi connectivity index (χ4v) is 2.37. The van der Waals surface area contributed by atoms with Crippen LogP contribution in [0.15, 0.2) is 0 Å². The van der Waals surface area contributed by atoms with Crippen molar-refractivity contribution in [2.75, 3.05) is 19.6 Å². The van der Waals surface area contributed by atoms with Gasteiger partial charge in [-0.2, -0.15) is 0 Å². The van der Waals surface area contributed by atoms with Crippen LogP contribution in [0.25, 0.3) is 0 Å². The van der Waals surface area contributed by atoms with Crippen LogP contribution < -0.4 is 5.32 Å². The molecule has 3 nitrogen and oxygen atoms in total. The maximum absolute atomic E-state index is 9.69. The Hall–Kier alpha value is -0.120. The molecule has 0 aromatic heterocycles. The van der Waals surface area contributed by atoms with Crippen molar-refractivity contribution in [3.8, 4) is 0 Å². The van der Waals surface area contributed by atoms with Gasteiger partial charge in [0, 0.05) is 25.7 Å². The lowest BCUT2D eigenvalue weighted by atomic mass is 10.2. The fourth-order valence-electron chi connectivity index (χ4n) is 2.37. The van der Waals surface area contributed by atoms with Gasteiger partial charge in [0.1, 0.15) is 6.23 Å². The Labute approximate surface area is 73.8 Å². The number of aliphatic hydroxyl groups is 1. The number of nitrogens with one attached hydrogen (secondary N) is 1. The van der Waals surface area contributed by atoms with E-state index in [0.717, 1.165) is 19.6 Å². The summed E-state index contributed by atoms with van der Waals surface area (Å²) in [7, 11) is 0. The van der Waals surface area contributed by atoms with Crippen molar-refractivity contribution >= 4 is 0 Å². The molecule has 2 fully saturated rings. The molecule has 1 saturated carbocycles. The smallest absolute Gasteiger partial charge is 0.120 e. The van der Waals surface area contributed by atoms with E-state index < -0.39 is 0 Å². The molecule has 2 rings (SSSR count). The second-order valence-electron chi connectivity index (χ2n) is 3.86. The Morgan fingerprint density at radius 3 is 2.67 bits per heavy atom. The lowest BCUT2D eigenvalue weighted by Crippen LogP contribution is -2.54. The SMILES string of the molecule is OC1CNCCN1C1CCCC1. The highest BCUT2D eigenvalue weighted by atomic mass is 16.3. The molecule has 0 amide bonds. The van der Waals surface area contributed by atoms with Gasteiger partial charge in [-0.15, -0.1) is 0 Å². The third-order valence-corrected chi connectivity index (χ3v) is 3.05. The first-order valence-corrected chi connectivity index (χ1v) is 5.02. The monoisotopic (exact) mass is 170 g/mol. The molecule has 1 aliphatic carbocycles. The van der Waals surface area contributed by atoms with Gasteiger partial charge in [0.05, 0.1) is 0 Å². The molecule has 3 heteroatoms. The van der Waals surface area contributed by atoms with Gasteiger partial charge in [0.2, 0.25) is 0 Å². The zero-order chi connectivity index (χ0) is 8.39. The lowest BCUT2D eigenvalue weighted by Gasteiger charge is -2.37. The van der Waals surface area contributed by atoms with E-state index in [-0.39, 0.29) is 6.23 Å². The van der Waals surface area contributed by atoms with Crippen molar-refractivity contribution in [2.24, 2.45) is 0 Å². The summed E-state index contributed by atoms with van der Waals surface area (Å²) in [6, 6.07) is 0.669. The zero-order valence-corrected chi connectivity index (χ0v) is 7.50. The molecule has 0 aromatic rings. The summed E-state index contributed by atoms with van der Waals surface area (Å²) >= 11 is 0. The predicted octanol–water partition coefficient (Wildman–Crippen LogP) is 0.153. The maximum Gasteiger partial charge on any atom is 0.120 e. The molecule has 0 spiro atoms. The van der Waals surface area contributed by atoms with Crippen LogP contribution >= 0.6 is 0 Å². The average Bonchev–Trinajstić information content (AvgIpc) is 2.57. The highest BCUT2D eigenvalue weighted by molar-refractivity contribution is 4.82. The second kappa shape index (κ2) is 3.73. The van der Waals surface area contributed by atoms with Crippen LogP contribution in [-0.2, 0) is 0 Å². The summed E-state index contributed by atoms with van der Waals surface area (Å²) in [5.74, 6) is 0. The summed E-state index contributed by atoms with van der Waals surface area (Å²) in [6.07, 6.45) is 5.04. The van der Waals surface area contributed by atoms with Crippen molar-refractivity contribution in [3.63, 3.8) is 0 Å². The van der Waals surface area contributed by atoms with Crippen molar-refractivity contribution in [2.45, 2.75) is 38.0 Å². The van der Waals surface area contributed by atoms with Gasteiger partial charge in [0.15, 0.2) is 0 Å². The van der Waals surface area contributed by atoms with E-state index in [4.69, 9.17) is 0 Å². The van der Waals surface area contributed by atoms with Gasteiger partial charge in [-0.25, -0.2) is 0 Å². The minimum atomic E-state index is -0.234. The van der Waals surface area contributed by atoms with Gasteiger partial charge < -0.3 is 10.4 Å². The van der Waals surface area contributed by atoms with E-state index in [0.29, 0.717) is 6.04 Å². The van der Waals surface area contributed by atoms with Gasteiger partial charge in [-0.3, -0.25) is 4.90 Å². The first kappa shape index (κ1) is 8.48. The Morgan fingerprint density at radius 2 is 2.00 bits per heavy atom. The van der Waals surface area contributed by atoms with Crippen LogP contribution in [0.2, 0.25) is 0 Å². The minimum Gasteiger partial charge on any atom is -0.377 e. The fraction of sp³-hybridized carbons (Fsp3) is 1.00. The van der Waals surface area contributed by atoms with Gasteiger partial charge in [-0.1, -0.05) is 12.8 Å². The second-order valence-corrected chi connectivity index (χ2v) is 3.86. The molecular formula is C9H18N2O. The number of hydrogen-bond donors (Lipinski definition) is 2. The largest absolute Gasteiger partial charge is 0.377 e. The third-order valence-electron chi connectivity index (χ3n) is 3.05. The Balaban J connectivity index is 1.91. The van der Waals surface area contributed by atoms with E-state index in [1.165, 1.54) is 25.7 Å². The number of rotatable bonds is 1. The van der Waals surface area contributed by atoms with Crippen molar-refractivity contribution in [1.82, 2.24) is 10.2 Å². The first-order valence-electron chi connectivity index (χ1n) is 5.02. The summed E-state index contributed by atoms with van der Waals surface area (Å²) in [6.45, 7) is 2.80. The molecule has 1 heterocycles. The summed E-state index contributed by atoms with van der Waals surface area (Å²) in [4.78, 5) is 2.27. The zero-order valence-electron chi connectivity index (χ0n) is 7.50.